The quantitative estimate of drug-likeness (QED) is 0.874. The molecule has 3 rings (SSSR count). The number of aromatic nitrogens is 1. The minimum atomic E-state index is -0.472. The van der Waals surface area contributed by atoms with Gasteiger partial charge in [0.05, 0.1) is 5.01 Å². The molecule has 1 saturated heterocycles. The minimum Gasteiger partial charge on any atom is -0.337 e. The maximum absolute atomic E-state index is 12.4. The van der Waals surface area contributed by atoms with Crippen molar-refractivity contribution in [1.29, 1.82) is 0 Å². The van der Waals surface area contributed by atoms with Gasteiger partial charge >= 0.3 is 6.03 Å². The monoisotopic (exact) mass is 344 g/mol. The number of amides is 3. The standard InChI is InChI=1S/C17H20N4O2S/c1-12(15-18-8-10-24-15)11-19-17(23)20-14-7-9-21(16(14)22)13-5-3-2-4-6-13/h2-6,8,10,12,14H,7,9,11H2,1H3,(H2,19,20,23)/t12-,14-/m1/s1. The third-order valence-electron chi connectivity index (χ3n) is 4.02. The zero-order chi connectivity index (χ0) is 16.9. The van der Waals surface area contributed by atoms with Crippen LogP contribution in [0, 0.1) is 0 Å². The maximum atomic E-state index is 12.4. The summed E-state index contributed by atoms with van der Waals surface area (Å²) >= 11 is 1.57. The fraction of sp³-hybridized carbons (Fsp3) is 0.353. The highest BCUT2D eigenvalue weighted by Crippen LogP contribution is 2.21. The van der Waals surface area contributed by atoms with Crippen molar-refractivity contribution in [1.82, 2.24) is 15.6 Å². The second-order valence-electron chi connectivity index (χ2n) is 5.79. The number of carbonyl (C=O) groups is 2. The van der Waals surface area contributed by atoms with Crippen molar-refractivity contribution in [2.24, 2.45) is 0 Å². The molecule has 0 radical (unpaired) electrons. The van der Waals surface area contributed by atoms with Gasteiger partial charge in [-0.1, -0.05) is 25.1 Å². The molecule has 0 aliphatic carbocycles. The molecule has 7 heteroatoms. The number of urea groups is 1. The Balaban J connectivity index is 1.49. The SMILES string of the molecule is C[C@H](CNC(=O)N[C@@H]1CCN(c2ccccc2)C1=O)c1nccs1. The van der Waals surface area contributed by atoms with E-state index in [1.54, 1.807) is 22.4 Å². The molecule has 126 valence electrons. The third kappa shape index (κ3) is 3.73. The molecule has 1 aliphatic heterocycles. The van der Waals surface area contributed by atoms with Crippen LogP contribution in [0.25, 0.3) is 0 Å². The Morgan fingerprint density at radius 2 is 2.21 bits per heavy atom. The van der Waals surface area contributed by atoms with E-state index in [9.17, 15) is 9.59 Å². The predicted octanol–water partition coefficient (Wildman–Crippen LogP) is 2.35. The highest BCUT2D eigenvalue weighted by molar-refractivity contribution is 7.09. The molecule has 1 aromatic heterocycles. The number of para-hydroxylation sites is 1. The zero-order valence-corrected chi connectivity index (χ0v) is 14.3. The molecule has 2 heterocycles. The number of hydrogen-bond donors (Lipinski definition) is 2. The maximum Gasteiger partial charge on any atom is 0.315 e. The van der Waals surface area contributed by atoms with Gasteiger partial charge in [-0.05, 0) is 18.6 Å². The van der Waals surface area contributed by atoms with Gasteiger partial charge < -0.3 is 15.5 Å². The summed E-state index contributed by atoms with van der Waals surface area (Å²) in [5.41, 5.74) is 0.865. The van der Waals surface area contributed by atoms with Crippen LogP contribution in [0.3, 0.4) is 0 Å². The number of hydrogen-bond acceptors (Lipinski definition) is 4. The number of carbonyl (C=O) groups excluding carboxylic acids is 2. The summed E-state index contributed by atoms with van der Waals surface area (Å²) in [6.07, 6.45) is 2.37. The molecule has 0 unspecified atom stereocenters. The molecule has 0 spiro atoms. The van der Waals surface area contributed by atoms with Gasteiger partial charge in [-0.15, -0.1) is 11.3 Å². The Hall–Kier alpha value is -2.41. The second-order valence-corrected chi connectivity index (χ2v) is 6.72. The lowest BCUT2D eigenvalue weighted by Gasteiger charge is -2.17. The molecule has 1 fully saturated rings. The van der Waals surface area contributed by atoms with Crippen LogP contribution in [0.2, 0.25) is 0 Å². The Morgan fingerprint density at radius 3 is 2.92 bits per heavy atom. The molecular weight excluding hydrogens is 324 g/mol. The molecule has 6 nitrogen and oxygen atoms in total. The minimum absolute atomic E-state index is 0.0654. The first kappa shape index (κ1) is 16.4. The molecule has 3 amide bonds. The Bertz CT molecular complexity index is 690. The van der Waals surface area contributed by atoms with Crippen molar-refractivity contribution in [2.75, 3.05) is 18.0 Å². The van der Waals surface area contributed by atoms with E-state index in [-0.39, 0.29) is 17.9 Å². The van der Waals surface area contributed by atoms with Crippen LogP contribution in [-0.2, 0) is 4.79 Å². The van der Waals surface area contributed by atoms with Gasteiger partial charge in [0, 0.05) is 36.3 Å². The van der Waals surface area contributed by atoms with Gasteiger partial charge in [0.2, 0.25) is 5.91 Å². The summed E-state index contributed by atoms with van der Waals surface area (Å²) < 4.78 is 0. The van der Waals surface area contributed by atoms with Crippen LogP contribution in [-0.4, -0.2) is 36.1 Å². The van der Waals surface area contributed by atoms with Crippen LogP contribution >= 0.6 is 11.3 Å². The summed E-state index contributed by atoms with van der Waals surface area (Å²) in [6, 6.07) is 8.72. The molecule has 0 bridgehead atoms. The van der Waals surface area contributed by atoms with Gasteiger partial charge in [-0.25, -0.2) is 9.78 Å². The molecule has 1 aliphatic rings. The Kier molecular flexibility index (Phi) is 5.10. The Morgan fingerprint density at radius 1 is 1.42 bits per heavy atom. The largest absolute Gasteiger partial charge is 0.337 e. The summed E-state index contributed by atoms with van der Waals surface area (Å²) in [5, 5.41) is 8.50. The topological polar surface area (TPSA) is 74.3 Å². The lowest BCUT2D eigenvalue weighted by atomic mass is 10.2. The van der Waals surface area contributed by atoms with E-state index in [2.05, 4.69) is 15.6 Å². The van der Waals surface area contributed by atoms with Gasteiger partial charge in [-0.2, -0.15) is 0 Å². The van der Waals surface area contributed by atoms with Crippen molar-refractivity contribution in [3.05, 3.63) is 46.9 Å². The fourth-order valence-electron chi connectivity index (χ4n) is 2.70. The highest BCUT2D eigenvalue weighted by atomic mass is 32.1. The molecule has 1 aromatic carbocycles. The first-order valence-corrected chi connectivity index (χ1v) is 8.83. The van der Waals surface area contributed by atoms with Crippen LogP contribution in [0.4, 0.5) is 10.5 Å². The van der Waals surface area contributed by atoms with Crippen LogP contribution in [0.15, 0.2) is 41.9 Å². The van der Waals surface area contributed by atoms with E-state index >= 15 is 0 Å². The number of anilines is 1. The Labute approximate surface area is 144 Å². The lowest BCUT2D eigenvalue weighted by Crippen LogP contribution is -2.46. The number of nitrogens with zero attached hydrogens (tertiary/aromatic N) is 2. The summed E-state index contributed by atoms with van der Waals surface area (Å²) in [4.78, 5) is 30.4. The first-order valence-electron chi connectivity index (χ1n) is 7.95. The predicted molar refractivity (Wildman–Crippen MR) is 94.3 cm³/mol. The number of rotatable bonds is 5. The number of nitrogens with one attached hydrogen (secondary N) is 2. The molecular formula is C17H20N4O2S. The van der Waals surface area contributed by atoms with Gasteiger partial charge in [0.25, 0.3) is 0 Å². The second kappa shape index (κ2) is 7.44. The van der Waals surface area contributed by atoms with Crippen LogP contribution in [0.5, 0.6) is 0 Å². The molecule has 2 atom stereocenters. The lowest BCUT2D eigenvalue weighted by molar-refractivity contribution is -0.118. The summed E-state index contributed by atoms with van der Waals surface area (Å²) in [5.74, 6) is 0.0835. The van der Waals surface area contributed by atoms with Crippen molar-refractivity contribution < 1.29 is 9.59 Å². The molecule has 2 aromatic rings. The van der Waals surface area contributed by atoms with E-state index in [1.165, 1.54) is 0 Å². The average Bonchev–Trinajstić information content (AvgIpc) is 3.25. The van der Waals surface area contributed by atoms with Gasteiger partial charge in [0.1, 0.15) is 6.04 Å². The highest BCUT2D eigenvalue weighted by Gasteiger charge is 2.33. The van der Waals surface area contributed by atoms with E-state index in [1.807, 2.05) is 42.6 Å². The van der Waals surface area contributed by atoms with Crippen LogP contribution in [0.1, 0.15) is 24.3 Å². The molecule has 24 heavy (non-hydrogen) atoms. The smallest absolute Gasteiger partial charge is 0.315 e. The average molecular weight is 344 g/mol. The summed E-state index contributed by atoms with van der Waals surface area (Å²) in [7, 11) is 0. The zero-order valence-electron chi connectivity index (χ0n) is 13.4. The van der Waals surface area contributed by atoms with E-state index < -0.39 is 6.04 Å². The van der Waals surface area contributed by atoms with Crippen molar-refractivity contribution in [3.8, 4) is 0 Å². The molecule has 2 N–H and O–H groups in total. The van der Waals surface area contributed by atoms with Gasteiger partial charge in [0.15, 0.2) is 0 Å². The van der Waals surface area contributed by atoms with E-state index in [0.29, 0.717) is 19.5 Å². The summed E-state index contributed by atoms with van der Waals surface area (Å²) in [6.45, 7) is 3.11. The normalized spacial score (nSPS) is 18.5. The van der Waals surface area contributed by atoms with E-state index in [0.717, 1.165) is 10.7 Å². The fourth-order valence-corrected chi connectivity index (χ4v) is 3.40. The first-order chi connectivity index (χ1) is 11.6. The third-order valence-corrected chi connectivity index (χ3v) is 5.03. The number of benzene rings is 1. The van der Waals surface area contributed by atoms with Crippen molar-refractivity contribution in [2.45, 2.75) is 25.3 Å². The van der Waals surface area contributed by atoms with Crippen molar-refractivity contribution in [3.63, 3.8) is 0 Å². The van der Waals surface area contributed by atoms with Crippen molar-refractivity contribution >= 4 is 29.0 Å². The van der Waals surface area contributed by atoms with Crippen LogP contribution < -0.4 is 15.5 Å². The van der Waals surface area contributed by atoms with Gasteiger partial charge in [-0.3, -0.25) is 4.79 Å². The molecule has 0 saturated carbocycles. The van der Waals surface area contributed by atoms with E-state index in [4.69, 9.17) is 0 Å². The number of thiazole rings is 1.